The molecule has 1 amide bonds. The quantitative estimate of drug-likeness (QED) is 0.758. The number of rotatable bonds is 4. The fourth-order valence-electron chi connectivity index (χ4n) is 1.15. The molecule has 0 saturated heterocycles. The van der Waals surface area contributed by atoms with E-state index in [1.165, 1.54) is 11.1 Å². The molecule has 3 heteroatoms. The van der Waals surface area contributed by atoms with Crippen molar-refractivity contribution in [1.29, 1.82) is 0 Å². The molecule has 1 rings (SSSR count). The molecule has 1 N–H and O–H groups in total. The highest BCUT2D eigenvalue weighted by Gasteiger charge is 1.97. The van der Waals surface area contributed by atoms with Gasteiger partial charge in [-0.3, -0.25) is 4.79 Å². The Bertz CT molecular complexity index is 295. The van der Waals surface area contributed by atoms with Gasteiger partial charge in [0.25, 0.3) is 0 Å². The van der Waals surface area contributed by atoms with Crippen LogP contribution >= 0.6 is 11.6 Å². The van der Waals surface area contributed by atoms with Gasteiger partial charge >= 0.3 is 0 Å². The minimum atomic E-state index is -0.112. The Balaban J connectivity index is 2.31. The number of amides is 1. The molecule has 0 fully saturated rings. The molecule has 0 bridgehead atoms. The Morgan fingerprint density at radius 3 is 2.57 bits per heavy atom. The molecule has 0 saturated carbocycles. The first kappa shape index (κ1) is 11.1. The van der Waals surface area contributed by atoms with Crippen molar-refractivity contribution in [2.75, 3.05) is 12.4 Å². The average Bonchev–Trinajstić information content (AvgIpc) is 2.21. The lowest BCUT2D eigenvalue weighted by molar-refractivity contribution is -0.118. The van der Waals surface area contributed by atoms with Gasteiger partial charge in [0.1, 0.15) is 5.88 Å². The topological polar surface area (TPSA) is 29.1 Å². The van der Waals surface area contributed by atoms with Gasteiger partial charge in [-0.1, -0.05) is 29.8 Å². The first-order valence-corrected chi connectivity index (χ1v) is 5.14. The Morgan fingerprint density at radius 2 is 2.00 bits per heavy atom. The van der Waals surface area contributed by atoms with Crippen LogP contribution in [0.4, 0.5) is 0 Å². The van der Waals surface area contributed by atoms with Crippen molar-refractivity contribution < 1.29 is 4.79 Å². The van der Waals surface area contributed by atoms with Crippen molar-refractivity contribution >= 4 is 17.5 Å². The van der Waals surface area contributed by atoms with Crippen molar-refractivity contribution in [3.8, 4) is 0 Å². The van der Waals surface area contributed by atoms with E-state index in [9.17, 15) is 4.79 Å². The molecule has 2 nitrogen and oxygen atoms in total. The number of alkyl halides is 1. The van der Waals surface area contributed by atoms with Gasteiger partial charge in [0, 0.05) is 6.54 Å². The van der Waals surface area contributed by atoms with Crippen molar-refractivity contribution in [2.45, 2.75) is 13.3 Å². The monoisotopic (exact) mass is 211 g/mol. The van der Waals surface area contributed by atoms with Crippen molar-refractivity contribution in [2.24, 2.45) is 0 Å². The first-order chi connectivity index (χ1) is 6.72. The van der Waals surface area contributed by atoms with Gasteiger partial charge in [0.05, 0.1) is 0 Å². The second-order valence-electron chi connectivity index (χ2n) is 3.22. The Hall–Kier alpha value is -1.02. The summed E-state index contributed by atoms with van der Waals surface area (Å²) in [6.07, 6.45) is 0.850. The largest absolute Gasteiger partial charge is 0.355 e. The number of nitrogens with one attached hydrogen (secondary N) is 1. The standard InChI is InChI=1S/C11H14ClNO/c1-9-2-4-10(5-3-9)6-7-13-11(14)8-12/h2-5H,6-8H2,1H3,(H,13,14). The Morgan fingerprint density at radius 1 is 1.36 bits per heavy atom. The van der Waals surface area contributed by atoms with E-state index in [0.717, 1.165) is 6.42 Å². The van der Waals surface area contributed by atoms with Crippen LogP contribution in [0.1, 0.15) is 11.1 Å². The van der Waals surface area contributed by atoms with Crippen LogP contribution in [0.5, 0.6) is 0 Å². The maximum atomic E-state index is 10.8. The van der Waals surface area contributed by atoms with Gasteiger partial charge in [-0.2, -0.15) is 0 Å². The molecule has 0 aliphatic carbocycles. The lowest BCUT2D eigenvalue weighted by Gasteiger charge is -2.03. The third kappa shape index (κ3) is 3.79. The average molecular weight is 212 g/mol. The van der Waals surface area contributed by atoms with Crippen LogP contribution in [0, 0.1) is 6.92 Å². The summed E-state index contributed by atoms with van der Waals surface area (Å²) in [4.78, 5) is 10.8. The van der Waals surface area contributed by atoms with E-state index in [0.29, 0.717) is 6.54 Å². The maximum absolute atomic E-state index is 10.8. The predicted molar refractivity (Wildman–Crippen MR) is 58.6 cm³/mol. The van der Waals surface area contributed by atoms with Crippen LogP contribution in [0.2, 0.25) is 0 Å². The van der Waals surface area contributed by atoms with E-state index in [1.807, 2.05) is 0 Å². The molecule has 0 spiro atoms. The number of aryl methyl sites for hydroxylation is 1. The van der Waals surface area contributed by atoms with Crippen molar-refractivity contribution in [1.82, 2.24) is 5.32 Å². The molecule has 0 unspecified atom stereocenters. The zero-order valence-electron chi connectivity index (χ0n) is 8.22. The summed E-state index contributed by atoms with van der Waals surface area (Å²) in [6.45, 7) is 2.70. The molecule has 0 aliphatic heterocycles. The van der Waals surface area contributed by atoms with E-state index in [1.54, 1.807) is 0 Å². The summed E-state index contributed by atoms with van der Waals surface area (Å²) >= 11 is 5.34. The highest BCUT2D eigenvalue weighted by atomic mass is 35.5. The van der Waals surface area contributed by atoms with Crippen molar-refractivity contribution in [3.05, 3.63) is 35.4 Å². The van der Waals surface area contributed by atoms with E-state index < -0.39 is 0 Å². The fraction of sp³-hybridized carbons (Fsp3) is 0.364. The zero-order valence-corrected chi connectivity index (χ0v) is 8.97. The minimum absolute atomic E-state index is 0.0356. The number of carbonyl (C=O) groups excluding carboxylic acids is 1. The number of benzene rings is 1. The lowest BCUT2D eigenvalue weighted by Crippen LogP contribution is -2.26. The van der Waals surface area contributed by atoms with Gasteiger partial charge in [-0.05, 0) is 18.9 Å². The van der Waals surface area contributed by atoms with E-state index >= 15 is 0 Å². The highest BCUT2D eigenvalue weighted by molar-refractivity contribution is 6.27. The molecule has 0 atom stereocenters. The zero-order chi connectivity index (χ0) is 10.4. The summed E-state index contributed by atoms with van der Waals surface area (Å²) in [7, 11) is 0. The third-order valence-corrected chi connectivity index (χ3v) is 2.22. The van der Waals surface area contributed by atoms with Gasteiger partial charge < -0.3 is 5.32 Å². The maximum Gasteiger partial charge on any atom is 0.234 e. The molecule has 76 valence electrons. The van der Waals surface area contributed by atoms with Gasteiger partial charge in [0.15, 0.2) is 0 Å². The van der Waals surface area contributed by atoms with Gasteiger partial charge in [-0.25, -0.2) is 0 Å². The fourth-order valence-corrected chi connectivity index (χ4v) is 1.24. The second-order valence-corrected chi connectivity index (χ2v) is 3.49. The third-order valence-electron chi connectivity index (χ3n) is 1.98. The normalized spacial score (nSPS) is 9.86. The Labute approximate surface area is 89.3 Å². The molecular formula is C11H14ClNO. The van der Waals surface area contributed by atoms with Gasteiger partial charge in [0.2, 0.25) is 5.91 Å². The number of halogens is 1. The highest BCUT2D eigenvalue weighted by Crippen LogP contribution is 2.02. The summed E-state index contributed by atoms with van der Waals surface area (Å²) in [5.74, 6) is -0.0766. The molecule has 0 heterocycles. The molecule has 0 radical (unpaired) electrons. The molecule has 0 aliphatic rings. The molecule has 14 heavy (non-hydrogen) atoms. The number of hydrogen-bond donors (Lipinski definition) is 1. The minimum Gasteiger partial charge on any atom is -0.355 e. The summed E-state index contributed by atoms with van der Waals surface area (Å²) in [6, 6.07) is 8.28. The lowest BCUT2D eigenvalue weighted by atomic mass is 10.1. The van der Waals surface area contributed by atoms with Crippen LogP contribution in [-0.4, -0.2) is 18.3 Å². The van der Waals surface area contributed by atoms with E-state index in [4.69, 9.17) is 11.6 Å². The van der Waals surface area contributed by atoms with Crippen LogP contribution in [-0.2, 0) is 11.2 Å². The molecule has 1 aromatic rings. The summed E-state index contributed by atoms with van der Waals surface area (Å²) in [5, 5.41) is 2.72. The van der Waals surface area contributed by atoms with Crippen LogP contribution in [0.3, 0.4) is 0 Å². The first-order valence-electron chi connectivity index (χ1n) is 4.60. The second kappa shape index (κ2) is 5.66. The van der Waals surface area contributed by atoms with Crippen LogP contribution in [0.15, 0.2) is 24.3 Å². The van der Waals surface area contributed by atoms with Crippen molar-refractivity contribution in [3.63, 3.8) is 0 Å². The smallest absolute Gasteiger partial charge is 0.234 e. The molecule has 0 aromatic heterocycles. The molecule has 1 aromatic carbocycles. The number of hydrogen-bond acceptors (Lipinski definition) is 1. The molecular weight excluding hydrogens is 198 g/mol. The summed E-state index contributed by atoms with van der Waals surface area (Å²) in [5.41, 5.74) is 2.48. The van der Waals surface area contributed by atoms with Crippen LogP contribution < -0.4 is 5.32 Å². The SMILES string of the molecule is Cc1ccc(CCNC(=O)CCl)cc1. The van der Waals surface area contributed by atoms with Crippen LogP contribution in [0.25, 0.3) is 0 Å². The van der Waals surface area contributed by atoms with E-state index in [-0.39, 0.29) is 11.8 Å². The van der Waals surface area contributed by atoms with Gasteiger partial charge in [-0.15, -0.1) is 11.6 Å². The predicted octanol–water partition coefficient (Wildman–Crippen LogP) is 1.89. The number of carbonyl (C=O) groups is 1. The Kier molecular flexibility index (Phi) is 4.47. The van der Waals surface area contributed by atoms with E-state index in [2.05, 4.69) is 36.5 Å². The summed E-state index contributed by atoms with van der Waals surface area (Å²) < 4.78 is 0.